The molecule has 0 spiro atoms. The van der Waals surface area contributed by atoms with Crippen molar-refractivity contribution in [3.63, 3.8) is 0 Å². The highest BCUT2D eigenvalue weighted by Gasteiger charge is 2.58. The zero-order valence-corrected chi connectivity index (χ0v) is 19.0. The first-order valence-corrected chi connectivity index (χ1v) is 11.5. The van der Waals surface area contributed by atoms with Gasteiger partial charge >= 0.3 is 0 Å². The molecule has 0 bridgehead atoms. The fraction of sp³-hybridized carbons (Fsp3) is 0.870. The van der Waals surface area contributed by atoms with Crippen molar-refractivity contribution in [3.8, 4) is 0 Å². The van der Waals surface area contributed by atoms with Gasteiger partial charge in [-0.05, 0) is 68.9 Å². The van der Waals surface area contributed by atoms with Gasteiger partial charge in [0.05, 0.1) is 12.1 Å². The number of alkyl halides is 2. The Hall–Kier alpha value is -1.05. The molecule has 5 nitrogen and oxygen atoms in total. The molecule has 0 amide bonds. The van der Waals surface area contributed by atoms with E-state index < -0.39 is 5.92 Å². The van der Waals surface area contributed by atoms with E-state index in [-0.39, 0.29) is 25.0 Å². The molecule has 1 unspecified atom stereocenters. The Morgan fingerprint density at radius 3 is 2.80 bits per heavy atom. The first kappa shape index (κ1) is 22.2. The van der Waals surface area contributed by atoms with Crippen LogP contribution in [0.4, 0.5) is 8.78 Å². The zero-order chi connectivity index (χ0) is 21.7. The maximum Gasteiger partial charge on any atom is 0.272 e. The van der Waals surface area contributed by atoms with Crippen LogP contribution >= 0.6 is 0 Å². The van der Waals surface area contributed by atoms with Crippen molar-refractivity contribution in [1.82, 2.24) is 20.0 Å². The average Bonchev–Trinajstić information content (AvgIpc) is 3.15. The molecule has 2 N–H and O–H groups in total. The van der Waals surface area contributed by atoms with Gasteiger partial charge in [0.25, 0.3) is 5.92 Å². The number of likely N-dealkylation sites (N-methyl/N-ethyl adjacent to an activating group) is 2. The number of fused-ring (bicyclic) bond motifs is 2. The van der Waals surface area contributed by atoms with E-state index in [0.29, 0.717) is 23.8 Å². The van der Waals surface area contributed by atoms with Gasteiger partial charge in [0.15, 0.2) is 0 Å². The lowest BCUT2D eigenvalue weighted by atomic mass is 9.71. The summed E-state index contributed by atoms with van der Waals surface area (Å²) < 4.78 is 29.9. The summed E-state index contributed by atoms with van der Waals surface area (Å²) in [5, 5.41) is 17.6. The summed E-state index contributed by atoms with van der Waals surface area (Å²) >= 11 is 0. The van der Waals surface area contributed by atoms with Gasteiger partial charge in [-0.3, -0.25) is 9.58 Å². The van der Waals surface area contributed by atoms with Crippen LogP contribution in [0.3, 0.4) is 0 Å². The minimum Gasteiger partial charge on any atom is -0.396 e. The first-order valence-electron chi connectivity index (χ1n) is 11.5. The smallest absolute Gasteiger partial charge is 0.272 e. The lowest BCUT2D eigenvalue weighted by molar-refractivity contribution is 0.000655. The summed E-state index contributed by atoms with van der Waals surface area (Å²) in [5.41, 5.74) is 3.25. The van der Waals surface area contributed by atoms with Crippen molar-refractivity contribution < 1.29 is 13.9 Å². The van der Waals surface area contributed by atoms with Crippen molar-refractivity contribution in [2.75, 3.05) is 33.8 Å². The molecule has 1 aliphatic heterocycles. The summed E-state index contributed by atoms with van der Waals surface area (Å²) in [7, 11) is 4.01. The van der Waals surface area contributed by atoms with Crippen molar-refractivity contribution >= 4 is 0 Å². The molecule has 7 heteroatoms. The Balaban J connectivity index is 1.53. The highest BCUT2D eigenvalue weighted by Crippen LogP contribution is 2.68. The van der Waals surface area contributed by atoms with Crippen LogP contribution in [0.5, 0.6) is 0 Å². The van der Waals surface area contributed by atoms with E-state index >= 15 is 0 Å². The number of nitrogens with zero attached hydrogens (tertiary/aromatic N) is 3. The predicted octanol–water partition coefficient (Wildman–Crippen LogP) is 3.41. The van der Waals surface area contributed by atoms with Crippen molar-refractivity contribution in [2.24, 2.45) is 16.7 Å². The van der Waals surface area contributed by atoms with E-state index in [4.69, 9.17) is 0 Å². The quantitative estimate of drug-likeness (QED) is 0.638. The van der Waals surface area contributed by atoms with Crippen LogP contribution in [0.2, 0.25) is 0 Å². The largest absolute Gasteiger partial charge is 0.396 e. The van der Waals surface area contributed by atoms with E-state index in [1.54, 1.807) is 4.68 Å². The van der Waals surface area contributed by atoms with Gasteiger partial charge < -0.3 is 10.4 Å². The Labute approximate surface area is 179 Å². The third kappa shape index (κ3) is 4.30. The van der Waals surface area contributed by atoms with Crippen LogP contribution in [0.15, 0.2) is 0 Å². The third-order valence-electron chi connectivity index (χ3n) is 7.73. The lowest BCUT2D eigenvalue weighted by Crippen LogP contribution is -2.29. The Morgan fingerprint density at radius 1 is 1.37 bits per heavy atom. The predicted molar refractivity (Wildman–Crippen MR) is 114 cm³/mol. The number of rotatable bonds is 9. The van der Waals surface area contributed by atoms with E-state index in [2.05, 4.69) is 36.2 Å². The van der Waals surface area contributed by atoms with Gasteiger partial charge in [0, 0.05) is 37.5 Å². The van der Waals surface area contributed by atoms with E-state index in [9.17, 15) is 13.9 Å². The molecule has 0 aromatic carbocycles. The maximum atomic E-state index is 14.1. The van der Waals surface area contributed by atoms with Crippen molar-refractivity contribution in [3.05, 3.63) is 17.0 Å². The molecular formula is C23H38F2N4O. The van der Waals surface area contributed by atoms with E-state index in [1.165, 1.54) is 6.42 Å². The maximum absolute atomic E-state index is 14.1. The van der Waals surface area contributed by atoms with Gasteiger partial charge in [0.1, 0.15) is 6.54 Å². The number of hydrogen-bond acceptors (Lipinski definition) is 4. The molecule has 1 aromatic heterocycles. The van der Waals surface area contributed by atoms with Crippen LogP contribution in [0, 0.1) is 16.7 Å². The average molecular weight is 425 g/mol. The Morgan fingerprint density at radius 2 is 2.13 bits per heavy atom. The molecule has 4 rings (SSSR count). The second kappa shape index (κ2) is 7.82. The van der Waals surface area contributed by atoms with Crippen LogP contribution < -0.4 is 5.32 Å². The number of aliphatic hydroxyl groups excluding tert-OH is 1. The highest BCUT2D eigenvalue weighted by molar-refractivity contribution is 5.35. The van der Waals surface area contributed by atoms with Gasteiger partial charge in [-0.1, -0.05) is 13.8 Å². The Kier molecular flexibility index (Phi) is 5.78. The molecule has 2 fully saturated rings. The number of aliphatic hydroxyl groups is 1. The molecule has 3 aliphatic rings. The van der Waals surface area contributed by atoms with E-state index in [0.717, 1.165) is 55.7 Å². The number of nitrogens with one attached hydrogen (secondary N) is 1. The van der Waals surface area contributed by atoms with Gasteiger partial charge in [-0.15, -0.1) is 0 Å². The third-order valence-corrected chi connectivity index (χ3v) is 7.73. The molecule has 2 aliphatic carbocycles. The van der Waals surface area contributed by atoms with Crippen LogP contribution in [-0.2, 0) is 19.5 Å². The highest BCUT2D eigenvalue weighted by atomic mass is 19.3. The second-order valence-electron chi connectivity index (χ2n) is 11.1. The van der Waals surface area contributed by atoms with Crippen molar-refractivity contribution in [2.45, 2.75) is 77.3 Å². The SMILES string of the molecule is CNCCN(C)Cc1nn2c(c1[C@@H]1CC[C@@]3(CC(C)(C)CO)CC3C1)CC(F)(F)C2. The zero-order valence-electron chi connectivity index (χ0n) is 19.0. The fourth-order valence-electron chi connectivity index (χ4n) is 6.20. The molecule has 30 heavy (non-hydrogen) atoms. The fourth-order valence-corrected chi connectivity index (χ4v) is 6.20. The number of halogens is 2. The van der Waals surface area contributed by atoms with Gasteiger partial charge in [0.2, 0.25) is 0 Å². The molecule has 0 radical (unpaired) electrons. The monoisotopic (exact) mass is 424 g/mol. The number of aromatic nitrogens is 2. The minimum absolute atomic E-state index is 0.0379. The van der Waals surface area contributed by atoms with Gasteiger partial charge in [-0.25, -0.2) is 8.78 Å². The first-order chi connectivity index (χ1) is 14.1. The normalized spacial score (nSPS) is 29.9. The van der Waals surface area contributed by atoms with Crippen LogP contribution in [0.1, 0.15) is 68.8 Å². The molecule has 0 saturated heterocycles. The molecule has 3 atom stereocenters. The topological polar surface area (TPSA) is 53.3 Å². The van der Waals surface area contributed by atoms with Crippen LogP contribution in [0.25, 0.3) is 0 Å². The molecule has 1 aromatic rings. The minimum atomic E-state index is -2.67. The van der Waals surface area contributed by atoms with E-state index in [1.807, 2.05) is 7.05 Å². The standard InChI is InChI=1S/C23H38F2N4O/c1-21(2,15-30)13-22-6-5-16(9-17(22)10-22)20-18(12-28(4)8-7-26-3)27-29-14-23(24,25)11-19(20)29/h16-17,26,30H,5-15H2,1-4H3/t16-,17?,22+/m1/s1. The second-order valence-corrected chi connectivity index (χ2v) is 11.1. The lowest BCUT2D eigenvalue weighted by Gasteiger charge is -2.34. The Bertz CT molecular complexity index is 777. The molecule has 2 heterocycles. The summed E-state index contributed by atoms with van der Waals surface area (Å²) in [4.78, 5) is 2.23. The number of hydrogen-bond donors (Lipinski definition) is 2. The summed E-state index contributed by atoms with van der Waals surface area (Å²) in [6.07, 6.45) is 5.40. The van der Waals surface area contributed by atoms with Crippen LogP contribution in [-0.4, -0.2) is 59.5 Å². The molecule has 170 valence electrons. The summed E-state index contributed by atoms with van der Waals surface area (Å²) in [5.74, 6) is -1.67. The molecule has 2 saturated carbocycles. The van der Waals surface area contributed by atoms with Gasteiger partial charge in [-0.2, -0.15) is 5.10 Å². The summed E-state index contributed by atoms with van der Waals surface area (Å²) in [6, 6.07) is 0. The summed E-state index contributed by atoms with van der Waals surface area (Å²) in [6.45, 7) is 6.75. The van der Waals surface area contributed by atoms with Crippen molar-refractivity contribution in [1.29, 1.82) is 0 Å². The molecular weight excluding hydrogens is 386 g/mol.